The highest BCUT2D eigenvalue weighted by Gasteiger charge is 2.17. The summed E-state index contributed by atoms with van der Waals surface area (Å²) in [5.41, 5.74) is 0.260. The van der Waals surface area contributed by atoms with E-state index in [1.165, 1.54) is 4.57 Å². The largest absolute Gasteiger partial charge is 0.389 e. The van der Waals surface area contributed by atoms with Crippen LogP contribution in [0.5, 0.6) is 0 Å². The topological polar surface area (TPSA) is 58.0 Å². The first-order valence-electron chi connectivity index (χ1n) is 4.97. The Morgan fingerprint density at radius 1 is 1.50 bits per heavy atom. The van der Waals surface area contributed by atoms with E-state index in [0.29, 0.717) is 10.5 Å². The summed E-state index contributed by atoms with van der Waals surface area (Å²) < 4.78 is 1.51. The predicted octanol–water partition coefficient (Wildman–Crippen LogP) is 1.75. The highest BCUT2D eigenvalue weighted by Crippen LogP contribution is 2.17. The van der Waals surface area contributed by atoms with Gasteiger partial charge in [0.25, 0.3) is 0 Å². The zero-order chi connectivity index (χ0) is 11.9. The Morgan fingerprint density at radius 3 is 2.81 bits per heavy atom. The van der Waals surface area contributed by atoms with Crippen LogP contribution in [0.25, 0.3) is 11.0 Å². The van der Waals surface area contributed by atoms with Crippen LogP contribution in [0.3, 0.4) is 0 Å². The summed E-state index contributed by atoms with van der Waals surface area (Å²) >= 11 is 5.83. The Labute approximate surface area is 97.5 Å². The molecule has 1 aromatic carbocycles. The Balaban J connectivity index is 2.61. The van der Waals surface area contributed by atoms with E-state index < -0.39 is 5.60 Å². The first kappa shape index (κ1) is 11.2. The normalized spacial score (nSPS) is 12.2. The van der Waals surface area contributed by atoms with Crippen molar-refractivity contribution in [3.8, 4) is 0 Å². The van der Waals surface area contributed by atoms with E-state index in [1.807, 2.05) is 0 Å². The summed E-state index contributed by atoms with van der Waals surface area (Å²) in [6, 6.07) is 5.18. The van der Waals surface area contributed by atoms with Gasteiger partial charge >= 0.3 is 5.69 Å². The monoisotopic (exact) mass is 240 g/mol. The SMILES string of the molecule is CC(C)(O)Cn1c(=O)[nH]c2cc(Cl)ccc21. The number of nitrogens with zero attached hydrogens (tertiary/aromatic N) is 1. The van der Waals surface area contributed by atoms with Gasteiger partial charge in [0.05, 0.1) is 23.2 Å². The third kappa shape index (κ3) is 2.13. The highest BCUT2D eigenvalue weighted by atomic mass is 35.5. The van der Waals surface area contributed by atoms with Gasteiger partial charge in [-0.05, 0) is 32.0 Å². The van der Waals surface area contributed by atoms with Gasteiger partial charge in [0, 0.05) is 5.02 Å². The van der Waals surface area contributed by atoms with Crippen LogP contribution in [0.4, 0.5) is 0 Å². The third-order valence-corrected chi connectivity index (χ3v) is 2.52. The maximum atomic E-state index is 11.7. The number of aliphatic hydroxyl groups is 1. The first-order valence-corrected chi connectivity index (χ1v) is 5.35. The van der Waals surface area contributed by atoms with Gasteiger partial charge in [-0.3, -0.25) is 4.57 Å². The van der Waals surface area contributed by atoms with Crippen molar-refractivity contribution in [2.24, 2.45) is 0 Å². The summed E-state index contributed by atoms with van der Waals surface area (Å²) in [6.07, 6.45) is 0. The summed E-state index contributed by atoms with van der Waals surface area (Å²) in [7, 11) is 0. The van der Waals surface area contributed by atoms with Gasteiger partial charge in [-0.15, -0.1) is 0 Å². The number of imidazole rings is 1. The minimum absolute atomic E-state index is 0.237. The van der Waals surface area contributed by atoms with Gasteiger partial charge in [0.15, 0.2) is 0 Å². The minimum atomic E-state index is -0.932. The number of nitrogens with one attached hydrogen (secondary N) is 1. The number of H-pyrrole nitrogens is 1. The van der Waals surface area contributed by atoms with Crippen LogP contribution >= 0.6 is 11.6 Å². The number of hydrogen-bond acceptors (Lipinski definition) is 2. The molecule has 5 heteroatoms. The van der Waals surface area contributed by atoms with E-state index in [9.17, 15) is 9.90 Å². The summed E-state index contributed by atoms with van der Waals surface area (Å²) in [5.74, 6) is 0. The van der Waals surface area contributed by atoms with Crippen molar-refractivity contribution in [3.63, 3.8) is 0 Å². The fourth-order valence-corrected chi connectivity index (χ4v) is 1.85. The molecule has 16 heavy (non-hydrogen) atoms. The molecular formula is C11H13ClN2O2. The molecule has 2 N–H and O–H groups in total. The number of fused-ring (bicyclic) bond motifs is 1. The average molecular weight is 241 g/mol. The number of rotatable bonds is 2. The molecule has 0 saturated heterocycles. The van der Waals surface area contributed by atoms with Crippen LogP contribution in [-0.4, -0.2) is 20.3 Å². The predicted molar refractivity (Wildman–Crippen MR) is 63.9 cm³/mol. The molecule has 0 aliphatic carbocycles. The van der Waals surface area contributed by atoms with Crippen LogP contribution in [-0.2, 0) is 6.54 Å². The van der Waals surface area contributed by atoms with Crippen molar-refractivity contribution in [1.82, 2.24) is 9.55 Å². The highest BCUT2D eigenvalue weighted by molar-refractivity contribution is 6.31. The molecule has 0 aliphatic heterocycles. The van der Waals surface area contributed by atoms with Crippen molar-refractivity contribution in [3.05, 3.63) is 33.7 Å². The molecule has 0 spiro atoms. The zero-order valence-electron chi connectivity index (χ0n) is 9.12. The lowest BCUT2D eigenvalue weighted by atomic mass is 10.1. The molecule has 0 aliphatic rings. The third-order valence-electron chi connectivity index (χ3n) is 2.28. The van der Waals surface area contributed by atoms with Crippen LogP contribution in [0.2, 0.25) is 5.02 Å². The summed E-state index contributed by atoms with van der Waals surface area (Å²) in [4.78, 5) is 14.4. The zero-order valence-corrected chi connectivity index (χ0v) is 9.88. The van der Waals surface area contributed by atoms with Crippen LogP contribution in [0.1, 0.15) is 13.8 Å². The van der Waals surface area contributed by atoms with E-state index >= 15 is 0 Å². The molecule has 0 radical (unpaired) electrons. The minimum Gasteiger partial charge on any atom is -0.389 e. The molecule has 4 nitrogen and oxygen atoms in total. The van der Waals surface area contributed by atoms with E-state index in [0.717, 1.165) is 5.52 Å². The van der Waals surface area contributed by atoms with Gasteiger partial charge in [-0.1, -0.05) is 11.6 Å². The molecule has 0 unspecified atom stereocenters. The van der Waals surface area contributed by atoms with Crippen molar-refractivity contribution in [2.45, 2.75) is 26.0 Å². The van der Waals surface area contributed by atoms with Crippen molar-refractivity contribution < 1.29 is 5.11 Å². The first-order chi connectivity index (χ1) is 7.37. The standard InChI is InChI=1S/C11H13ClN2O2/c1-11(2,16)6-14-9-4-3-7(12)5-8(9)13-10(14)15/h3-5,16H,6H2,1-2H3,(H,13,15). The second kappa shape index (κ2) is 3.64. The summed E-state index contributed by atoms with van der Waals surface area (Å²) in [6.45, 7) is 3.57. The van der Waals surface area contributed by atoms with Gasteiger partial charge < -0.3 is 10.1 Å². The second-order valence-corrected chi connectivity index (χ2v) is 4.93. The lowest BCUT2D eigenvalue weighted by Crippen LogP contribution is -2.31. The smallest absolute Gasteiger partial charge is 0.326 e. The quantitative estimate of drug-likeness (QED) is 0.840. The Kier molecular flexibility index (Phi) is 2.56. The fourth-order valence-electron chi connectivity index (χ4n) is 1.68. The Morgan fingerprint density at radius 2 is 2.19 bits per heavy atom. The molecule has 1 heterocycles. The van der Waals surface area contributed by atoms with E-state index in [-0.39, 0.29) is 12.2 Å². The molecule has 0 bridgehead atoms. The summed E-state index contributed by atoms with van der Waals surface area (Å²) in [5, 5.41) is 10.3. The van der Waals surface area contributed by atoms with Gasteiger partial charge in [0.1, 0.15) is 0 Å². The molecule has 0 saturated carbocycles. The fraction of sp³-hybridized carbons (Fsp3) is 0.364. The van der Waals surface area contributed by atoms with Gasteiger partial charge in [-0.2, -0.15) is 0 Å². The molecule has 86 valence electrons. The van der Waals surface area contributed by atoms with Crippen molar-refractivity contribution in [2.75, 3.05) is 0 Å². The molecule has 1 aromatic heterocycles. The molecule has 0 amide bonds. The Bertz CT molecular complexity index is 578. The van der Waals surface area contributed by atoms with Crippen LogP contribution in [0, 0.1) is 0 Å². The van der Waals surface area contributed by atoms with Crippen molar-refractivity contribution >= 4 is 22.6 Å². The van der Waals surface area contributed by atoms with Crippen LogP contribution in [0.15, 0.2) is 23.0 Å². The maximum absolute atomic E-state index is 11.7. The maximum Gasteiger partial charge on any atom is 0.326 e. The van der Waals surface area contributed by atoms with E-state index in [1.54, 1.807) is 32.0 Å². The van der Waals surface area contributed by atoms with Gasteiger partial charge in [-0.25, -0.2) is 4.79 Å². The van der Waals surface area contributed by atoms with Crippen molar-refractivity contribution in [1.29, 1.82) is 0 Å². The number of benzene rings is 1. The average Bonchev–Trinajstić information content (AvgIpc) is 2.40. The lowest BCUT2D eigenvalue weighted by Gasteiger charge is -2.17. The number of hydrogen-bond donors (Lipinski definition) is 2. The number of aromatic nitrogens is 2. The van der Waals surface area contributed by atoms with Crippen LogP contribution < -0.4 is 5.69 Å². The molecule has 2 aromatic rings. The van der Waals surface area contributed by atoms with E-state index in [4.69, 9.17) is 11.6 Å². The molecular weight excluding hydrogens is 228 g/mol. The second-order valence-electron chi connectivity index (χ2n) is 4.49. The molecule has 0 fully saturated rings. The number of aromatic amines is 1. The number of halogens is 1. The Hall–Kier alpha value is -1.26. The lowest BCUT2D eigenvalue weighted by molar-refractivity contribution is 0.0617. The molecule has 2 rings (SSSR count). The molecule has 0 atom stereocenters. The van der Waals surface area contributed by atoms with E-state index in [2.05, 4.69) is 4.98 Å². The van der Waals surface area contributed by atoms with Gasteiger partial charge in [0.2, 0.25) is 0 Å².